The molecule has 0 spiro atoms. The number of ether oxygens (including phenoxy) is 2. The summed E-state index contributed by atoms with van der Waals surface area (Å²) in [4.78, 5) is 27.2. The summed E-state index contributed by atoms with van der Waals surface area (Å²) in [6.07, 6.45) is 0.801. The quantitative estimate of drug-likeness (QED) is 0.655. The van der Waals surface area contributed by atoms with E-state index >= 15 is 0 Å². The molecule has 0 saturated carbocycles. The van der Waals surface area contributed by atoms with Gasteiger partial charge >= 0.3 is 6.09 Å². The van der Waals surface area contributed by atoms with E-state index in [0.717, 1.165) is 11.8 Å². The Bertz CT molecular complexity index is 773. The molecular weight excluding hydrogens is 386 g/mol. The van der Waals surface area contributed by atoms with Crippen molar-refractivity contribution in [2.45, 2.75) is 13.5 Å². The molecule has 1 aliphatic heterocycles. The van der Waals surface area contributed by atoms with Gasteiger partial charge in [-0.1, -0.05) is 12.1 Å². The highest BCUT2D eigenvalue weighted by atomic mass is 32.2. The fourth-order valence-corrected chi connectivity index (χ4v) is 3.04. The molecule has 0 unspecified atom stereocenters. The summed E-state index contributed by atoms with van der Waals surface area (Å²) in [5.41, 5.74) is 0.821. The van der Waals surface area contributed by atoms with Gasteiger partial charge in [0.2, 0.25) is 10.0 Å². The third-order valence-corrected chi connectivity index (χ3v) is 5.68. The Hall–Kier alpha value is -2.33. The first-order valence-corrected chi connectivity index (χ1v) is 10.9. The van der Waals surface area contributed by atoms with Gasteiger partial charge in [0.25, 0.3) is 5.91 Å². The van der Waals surface area contributed by atoms with Gasteiger partial charge in [0.1, 0.15) is 5.75 Å². The summed E-state index contributed by atoms with van der Waals surface area (Å²) >= 11 is 0. The minimum Gasteiger partial charge on any atom is -0.484 e. The van der Waals surface area contributed by atoms with Crippen LogP contribution in [0.15, 0.2) is 24.3 Å². The largest absolute Gasteiger partial charge is 0.484 e. The van der Waals surface area contributed by atoms with Gasteiger partial charge in [-0.2, -0.15) is 0 Å². The molecule has 1 aliphatic rings. The molecule has 2 amide bonds. The number of hydrogen-bond donors (Lipinski definition) is 0. The Balaban J connectivity index is 1.78. The zero-order valence-electron chi connectivity index (χ0n) is 16.5. The van der Waals surface area contributed by atoms with Crippen molar-refractivity contribution in [1.82, 2.24) is 14.1 Å². The SMILES string of the molecule is CCOC(=O)N1CCN(C(=O)COc2ccc(CN(C)S(C)(=O)=O)cc2)CC1. The van der Waals surface area contributed by atoms with Crippen LogP contribution in [0.3, 0.4) is 0 Å². The molecule has 1 aromatic rings. The van der Waals surface area contributed by atoms with Gasteiger partial charge in [0.05, 0.1) is 12.9 Å². The number of amides is 2. The molecule has 1 aromatic carbocycles. The Labute approximate surface area is 165 Å². The van der Waals surface area contributed by atoms with Crippen LogP contribution in [-0.2, 0) is 26.1 Å². The number of nitrogens with zero attached hydrogens (tertiary/aromatic N) is 3. The third-order valence-electron chi connectivity index (χ3n) is 4.42. The summed E-state index contributed by atoms with van der Waals surface area (Å²) in [5, 5.41) is 0. The molecule has 10 heteroatoms. The molecule has 0 N–H and O–H groups in total. The highest BCUT2D eigenvalue weighted by molar-refractivity contribution is 7.88. The second kappa shape index (κ2) is 9.74. The minimum atomic E-state index is -3.24. The molecule has 0 bridgehead atoms. The number of hydrogen-bond acceptors (Lipinski definition) is 6. The zero-order chi connectivity index (χ0) is 20.7. The molecule has 0 aliphatic carbocycles. The van der Waals surface area contributed by atoms with E-state index in [1.165, 1.54) is 11.4 Å². The number of carbonyl (C=O) groups is 2. The van der Waals surface area contributed by atoms with Crippen LogP contribution in [0.1, 0.15) is 12.5 Å². The monoisotopic (exact) mass is 413 g/mol. The summed E-state index contributed by atoms with van der Waals surface area (Å²) in [7, 11) is -1.72. The molecule has 1 heterocycles. The third kappa shape index (κ3) is 6.38. The van der Waals surface area contributed by atoms with E-state index in [2.05, 4.69) is 0 Å². The van der Waals surface area contributed by atoms with Crippen molar-refractivity contribution in [2.24, 2.45) is 0 Å². The van der Waals surface area contributed by atoms with E-state index in [4.69, 9.17) is 9.47 Å². The standard InChI is InChI=1S/C18H27N3O6S/c1-4-26-18(23)21-11-9-20(10-12-21)17(22)14-27-16-7-5-15(6-8-16)13-19(2)28(3,24)25/h5-8H,4,9-14H2,1-3H3. The predicted molar refractivity (Wildman–Crippen MR) is 103 cm³/mol. The van der Waals surface area contributed by atoms with Crippen molar-refractivity contribution in [3.8, 4) is 5.75 Å². The lowest BCUT2D eigenvalue weighted by Gasteiger charge is -2.33. The van der Waals surface area contributed by atoms with Gasteiger partial charge in [0, 0.05) is 39.8 Å². The summed E-state index contributed by atoms with van der Waals surface area (Å²) in [5.74, 6) is 0.383. The van der Waals surface area contributed by atoms with Gasteiger partial charge < -0.3 is 19.3 Å². The van der Waals surface area contributed by atoms with Gasteiger partial charge in [-0.15, -0.1) is 0 Å². The van der Waals surface area contributed by atoms with Crippen LogP contribution < -0.4 is 4.74 Å². The summed E-state index contributed by atoms with van der Waals surface area (Å²) < 4.78 is 34.6. The molecule has 28 heavy (non-hydrogen) atoms. The first-order chi connectivity index (χ1) is 13.2. The first kappa shape index (κ1) is 22.0. The van der Waals surface area contributed by atoms with Gasteiger partial charge in [-0.05, 0) is 24.6 Å². The van der Waals surface area contributed by atoms with E-state index in [9.17, 15) is 18.0 Å². The average molecular weight is 413 g/mol. The highest BCUT2D eigenvalue weighted by Gasteiger charge is 2.25. The molecule has 1 fully saturated rings. The Morgan fingerprint density at radius 2 is 1.64 bits per heavy atom. The highest BCUT2D eigenvalue weighted by Crippen LogP contribution is 2.14. The van der Waals surface area contributed by atoms with Crippen LogP contribution in [0.5, 0.6) is 5.75 Å². The fraction of sp³-hybridized carbons (Fsp3) is 0.556. The van der Waals surface area contributed by atoms with E-state index in [-0.39, 0.29) is 25.2 Å². The van der Waals surface area contributed by atoms with Crippen LogP contribution in [0.25, 0.3) is 0 Å². The normalized spacial score (nSPS) is 14.9. The van der Waals surface area contributed by atoms with Crippen LogP contribution in [0, 0.1) is 0 Å². The Kier molecular flexibility index (Phi) is 7.64. The predicted octanol–water partition coefficient (Wildman–Crippen LogP) is 0.758. The van der Waals surface area contributed by atoms with Crippen LogP contribution >= 0.6 is 0 Å². The molecule has 1 saturated heterocycles. The number of sulfonamides is 1. The van der Waals surface area contributed by atoms with Gasteiger partial charge in [0.15, 0.2) is 6.61 Å². The summed E-state index contributed by atoms with van der Waals surface area (Å²) in [6.45, 7) is 4.02. The molecule has 0 atom stereocenters. The van der Waals surface area contributed by atoms with Crippen molar-refractivity contribution in [1.29, 1.82) is 0 Å². The van der Waals surface area contributed by atoms with Crippen LogP contribution in [0.4, 0.5) is 4.79 Å². The van der Waals surface area contributed by atoms with Gasteiger partial charge in [-0.3, -0.25) is 4.79 Å². The Morgan fingerprint density at radius 1 is 1.07 bits per heavy atom. The second-order valence-corrected chi connectivity index (χ2v) is 8.61. The number of piperazine rings is 1. The van der Waals surface area contributed by atoms with Crippen LogP contribution in [0.2, 0.25) is 0 Å². The fourth-order valence-electron chi connectivity index (χ4n) is 2.65. The van der Waals surface area contributed by atoms with Crippen molar-refractivity contribution < 1.29 is 27.5 Å². The first-order valence-electron chi connectivity index (χ1n) is 9.03. The van der Waals surface area contributed by atoms with Crippen molar-refractivity contribution in [3.63, 3.8) is 0 Å². The number of benzene rings is 1. The van der Waals surface area contributed by atoms with E-state index in [0.29, 0.717) is 38.5 Å². The molecule has 9 nitrogen and oxygen atoms in total. The van der Waals surface area contributed by atoms with Crippen LogP contribution in [-0.4, -0.2) is 87.2 Å². The van der Waals surface area contributed by atoms with Crippen molar-refractivity contribution >= 4 is 22.0 Å². The Morgan fingerprint density at radius 3 is 2.18 bits per heavy atom. The van der Waals surface area contributed by atoms with Crippen molar-refractivity contribution in [2.75, 3.05) is 52.7 Å². The topological polar surface area (TPSA) is 96.5 Å². The molecular formula is C18H27N3O6S. The average Bonchev–Trinajstić information content (AvgIpc) is 2.66. The molecule has 0 radical (unpaired) electrons. The minimum absolute atomic E-state index is 0.0952. The number of carbonyl (C=O) groups excluding carboxylic acids is 2. The molecule has 156 valence electrons. The van der Waals surface area contributed by atoms with Crippen molar-refractivity contribution in [3.05, 3.63) is 29.8 Å². The maximum Gasteiger partial charge on any atom is 0.409 e. The van der Waals surface area contributed by atoms with E-state index in [1.807, 2.05) is 0 Å². The maximum atomic E-state index is 12.3. The molecule has 0 aromatic heterocycles. The zero-order valence-corrected chi connectivity index (χ0v) is 17.3. The lowest BCUT2D eigenvalue weighted by atomic mass is 10.2. The lowest BCUT2D eigenvalue weighted by Crippen LogP contribution is -2.51. The van der Waals surface area contributed by atoms with Gasteiger partial charge in [-0.25, -0.2) is 17.5 Å². The number of rotatable bonds is 7. The molecule has 2 rings (SSSR count). The maximum absolute atomic E-state index is 12.3. The second-order valence-electron chi connectivity index (χ2n) is 6.52. The lowest BCUT2D eigenvalue weighted by molar-refractivity contribution is -0.134. The van der Waals surface area contributed by atoms with E-state index < -0.39 is 10.0 Å². The summed E-state index contributed by atoms with van der Waals surface area (Å²) in [6, 6.07) is 6.94. The van der Waals surface area contributed by atoms with E-state index in [1.54, 1.807) is 41.0 Å². The smallest absolute Gasteiger partial charge is 0.409 e.